The quantitative estimate of drug-likeness (QED) is 0.916. The van der Waals surface area contributed by atoms with Gasteiger partial charge in [0.2, 0.25) is 5.91 Å². The summed E-state index contributed by atoms with van der Waals surface area (Å²) in [6.07, 6.45) is 5.69. The van der Waals surface area contributed by atoms with Crippen molar-refractivity contribution < 1.29 is 9.53 Å². The molecule has 4 nitrogen and oxygen atoms in total. The third-order valence-electron chi connectivity index (χ3n) is 5.19. The normalized spacial score (nSPS) is 23.7. The average Bonchev–Trinajstić information content (AvgIpc) is 2.58. The molecule has 1 atom stereocenters. The number of amides is 1. The summed E-state index contributed by atoms with van der Waals surface area (Å²) in [5.74, 6) is 0.0732. The summed E-state index contributed by atoms with van der Waals surface area (Å²) in [6, 6.07) is 8.13. The van der Waals surface area contributed by atoms with E-state index in [1.165, 1.54) is 16.8 Å². The minimum absolute atomic E-state index is 0.0732. The second kappa shape index (κ2) is 7.44. The van der Waals surface area contributed by atoms with Crippen LogP contribution >= 0.6 is 0 Å². The molecule has 1 unspecified atom stereocenters. The molecule has 0 saturated carbocycles. The van der Waals surface area contributed by atoms with Crippen LogP contribution in [0.4, 0.5) is 0 Å². The van der Waals surface area contributed by atoms with Gasteiger partial charge < -0.3 is 15.0 Å². The number of ether oxygens (including phenoxy) is 1. The van der Waals surface area contributed by atoms with E-state index in [9.17, 15) is 4.79 Å². The number of rotatable bonds is 4. The molecule has 1 N–H and O–H groups in total. The lowest BCUT2D eigenvalue weighted by Crippen LogP contribution is -2.49. The zero-order valence-corrected chi connectivity index (χ0v) is 15.5. The van der Waals surface area contributed by atoms with Gasteiger partial charge in [0.25, 0.3) is 0 Å². The van der Waals surface area contributed by atoms with Crippen molar-refractivity contribution in [3.63, 3.8) is 0 Å². The van der Waals surface area contributed by atoms with Gasteiger partial charge in [-0.2, -0.15) is 0 Å². The van der Waals surface area contributed by atoms with Crippen LogP contribution in [0, 0.1) is 6.92 Å². The largest absolute Gasteiger partial charge is 0.378 e. The average molecular weight is 340 g/mol. The monoisotopic (exact) mass is 340 g/mol. The van der Waals surface area contributed by atoms with Crippen LogP contribution in [0.5, 0.6) is 0 Å². The third kappa shape index (κ3) is 4.31. The first kappa shape index (κ1) is 17.7. The van der Waals surface area contributed by atoms with Crippen LogP contribution in [0.3, 0.4) is 0 Å². The van der Waals surface area contributed by atoms with Gasteiger partial charge in [-0.3, -0.25) is 4.79 Å². The first-order valence-corrected chi connectivity index (χ1v) is 9.04. The van der Waals surface area contributed by atoms with Crippen molar-refractivity contribution in [1.29, 1.82) is 0 Å². The lowest BCUT2D eigenvalue weighted by atomic mass is 9.84. The number of aryl methyl sites for hydroxylation is 1. The molecule has 1 aliphatic carbocycles. The maximum atomic E-state index is 12.5. The van der Waals surface area contributed by atoms with Gasteiger partial charge in [-0.05, 0) is 44.4 Å². The van der Waals surface area contributed by atoms with Crippen molar-refractivity contribution >= 4 is 5.91 Å². The number of hydrogen-bond donors (Lipinski definition) is 1. The van der Waals surface area contributed by atoms with Crippen molar-refractivity contribution in [3.8, 4) is 0 Å². The summed E-state index contributed by atoms with van der Waals surface area (Å²) in [5.41, 5.74) is 4.39. The molecule has 1 saturated heterocycles. The maximum absolute atomic E-state index is 12.5. The lowest BCUT2D eigenvalue weighted by Gasteiger charge is -2.38. The Morgan fingerprint density at radius 3 is 2.72 bits per heavy atom. The Labute approximate surface area is 150 Å². The Morgan fingerprint density at radius 1 is 1.28 bits per heavy atom. The SMILES string of the molecule is CC1=CC(N2CCOCC2)=CCC1(C)NC(=O)Cc1cccc(C)c1. The van der Waals surface area contributed by atoms with Crippen molar-refractivity contribution in [3.05, 3.63) is 58.8 Å². The summed E-state index contributed by atoms with van der Waals surface area (Å²) < 4.78 is 5.43. The van der Waals surface area contributed by atoms with Crippen molar-refractivity contribution in [2.45, 2.75) is 39.2 Å². The number of hydrogen-bond acceptors (Lipinski definition) is 3. The second-order valence-corrected chi connectivity index (χ2v) is 7.31. The van der Waals surface area contributed by atoms with E-state index in [0.717, 1.165) is 38.3 Å². The molecule has 0 aromatic heterocycles. The molecule has 1 aliphatic heterocycles. The Bertz CT molecular complexity index is 702. The minimum Gasteiger partial charge on any atom is -0.378 e. The number of nitrogens with one attached hydrogen (secondary N) is 1. The maximum Gasteiger partial charge on any atom is 0.225 e. The van der Waals surface area contributed by atoms with E-state index >= 15 is 0 Å². The standard InChI is InChI=1S/C21H28N2O2/c1-16-5-4-6-18(13-16)15-20(24)22-21(3)8-7-19(14-17(21)2)23-9-11-25-12-10-23/h4-7,13-14H,8-12,15H2,1-3H3,(H,22,24). The van der Waals surface area contributed by atoms with E-state index in [0.29, 0.717) is 6.42 Å². The number of carbonyl (C=O) groups is 1. The van der Waals surface area contributed by atoms with Crippen molar-refractivity contribution in [2.24, 2.45) is 0 Å². The zero-order valence-electron chi connectivity index (χ0n) is 15.5. The molecule has 0 bridgehead atoms. The first-order valence-electron chi connectivity index (χ1n) is 9.04. The van der Waals surface area contributed by atoms with E-state index in [-0.39, 0.29) is 11.4 Å². The number of morpholine rings is 1. The smallest absolute Gasteiger partial charge is 0.225 e. The van der Waals surface area contributed by atoms with E-state index in [4.69, 9.17) is 4.74 Å². The highest BCUT2D eigenvalue weighted by Gasteiger charge is 2.31. The predicted molar refractivity (Wildman–Crippen MR) is 100 cm³/mol. The predicted octanol–water partition coefficient (Wildman–Crippen LogP) is 2.98. The van der Waals surface area contributed by atoms with Gasteiger partial charge in [-0.1, -0.05) is 35.9 Å². The Hall–Kier alpha value is -2.07. The summed E-state index contributed by atoms with van der Waals surface area (Å²) in [6.45, 7) is 9.72. The molecule has 0 radical (unpaired) electrons. The van der Waals surface area contributed by atoms with Crippen molar-refractivity contribution in [1.82, 2.24) is 10.2 Å². The van der Waals surface area contributed by atoms with Gasteiger partial charge in [0.15, 0.2) is 0 Å². The van der Waals surface area contributed by atoms with Gasteiger partial charge in [0.1, 0.15) is 0 Å². The molecule has 0 spiro atoms. The van der Waals surface area contributed by atoms with E-state index in [1.54, 1.807) is 0 Å². The fraction of sp³-hybridized carbons (Fsp3) is 0.476. The molecule has 3 rings (SSSR count). The van der Waals surface area contributed by atoms with Gasteiger partial charge in [0, 0.05) is 18.8 Å². The highest BCUT2D eigenvalue weighted by molar-refractivity contribution is 5.80. The fourth-order valence-corrected chi connectivity index (χ4v) is 3.46. The summed E-state index contributed by atoms with van der Waals surface area (Å²) >= 11 is 0. The number of benzene rings is 1. The topological polar surface area (TPSA) is 41.6 Å². The fourth-order valence-electron chi connectivity index (χ4n) is 3.46. The minimum atomic E-state index is -0.309. The molecule has 1 heterocycles. The molecular formula is C21H28N2O2. The van der Waals surface area contributed by atoms with Crippen LogP contribution in [-0.4, -0.2) is 42.6 Å². The molecule has 1 aromatic rings. The second-order valence-electron chi connectivity index (χ2n) is 7.31. The van der Waals surface area contributed by atoms with Gasteiger partial charge in [-0.25, -0.2) is 0 Å². The molecule has 4 heteroatoms. The highest BCUT2D eigenvalue weighted by atomic mass is 16.5. The van der Waals surface area contributed by atoms with Crippen LogP contribution < -0.4 is 5.32 Å². The number of carbonyl (C=O) groups excluding carboxylic acids is 1. The molecular weight excluding hydrogens is 312 g/mol. The summed E-state index contributed by atoms with van der Waals surface area (Å²) in [5, 5.41) is 3.24. The van der Waals surface area contributed by atoms with E-state index in [2.05, 4.69) is 55.3 Å². The molecule has 2 aliphatic rings. The van der Waals surface area contributed by atoms with Gasteiger partial charge in [0.05, 0.1) is 25.2 Å². The van der Waals surface area contributed by atoms with Gasteiger partial charge >= 0.3 is 0 Å². The Morgan fingerprint density at radius 2 is 2.04 bits per heavy atom. The molecule has 1 aromatic carbocycles. The Kier molecular flexibility index (Phi) is 5.28. The van der Waals surface area contributed by atoms with Gasteiger partial charge in [-0.15, -0.1) is 0 Å². The molecule has 1 amide bonds. The summed E-state index contributed by atoms with van der Waals surface area (Å²) in [7, 11) is 0. The van der Waals surface area contributed by atoms with Crippen LogP contribution in [0.1, 0.15) is 31.4 Å². The first-order chi connectivity index (χ1) is 12.0. The number of nitrogens with zero attached hydrogens (tertiary/aromatic N) is 1. The van der Waals surface area contributed by atoms with Crippen LogP contribution in [0.25, 0.3) is 0 Å². The summed E-state index contributed by atoms with van der Waals surface area (Å²) in [4.78, 5) is 14.9. The Balaban J connectivity index is 1.63. The van der Waals surface area contributed by atoms with E-state index < -0.39 is 0 Å². The lowest BCUT2D eigenvalue weighted by molar-refractivity contribution is -0.121. The van der Waals surface area contributed by atoms with Crippen LogP contribution in [0.15, 0.2) is 47.7 Å². The molecule has 25 heavy (non-hydrogen) atoms. The molecule has 134 valence electrons. The zero-order chi connectivity index (χ0) is 17.9. The molecule has 1 fully saturated rings. The van der Waals surface area contributed by atoms with Crippen LogP contribution in [-0.2, 0) is 16.0 Å². The highest BCUT2D eigenvalue weighted by Crippen LogP contribution is 2.29. The third-order valence-corrected chi connectivity index (χ3v) is 5.19. The number of allylic oxidation sites excluding steroid dienone is 1. The van der Waals surface area contributed by atoms with Crippen LogP contribution in [0.2, 0.25) is 0 Å². The van der Waals surface area contributed by atoms with Crippen molar-refractivity contribution in [2.75, 3.05) is 26.3 Å². The van der Waals surface area contributed by atoms with E-state index in [1.807, 2.05) is 12.1 Å².